The van der Waals surface area contributed by atoms with Crippen molar-refractivity contribution < 1.29 is 0 Å². The first kappa shape index (κ1) is 82.5. The minimum atomic E-state index is -0.409. The zero-order valence-electron chi connectivity index (χ0n) is 78.2. The first-order chi connectivity index (χ1) is 65.8. The molecule has 0 radical (unpaired) electrons. The van der Waals surface area contributed by atoms with E-state index in [1.54, 1.807) is 0 Å². The Morgan fingerprint density at radius 3 is 0.904 bits per heavy atom. The lowest BCUT2D eigenvalue weighted by atomic mass is 9.78. The van der Waals surface area contributed by atoms with E-state index in [1.165, 1.54) is 38.6 Å². The van der Waals surface area contributed by atoms with Crippen LogP contribution in [0.4, 0.5) is 0 Å². The monoisotopic (exact) mass is 1760 g/mol. The number of fused-ring (bicyclic) bond motifs is 18. The van der Waals surface area contributed by atoms with Crippen LogP contribution in [0.15, 0.2) is 334 Å². The molecule has 14 nitrogen and oxygen atoms in total. The molecule has 136 heavy (non-hydrogen) atoms. The summed E-state index contributed by atoms with van der Waals surface area (Å²) >= 11 is 0. The molecule has 0 unspecified atom stereocenters. The number of aromatic nitrogens is 12. The van der Waals surface area contributed by atoms with E-state index in [2.05, 4.69) is 394 Å². The maximum atomic E-state index is 11.9. The second-order valence-corrected chi connectivity index (χ2v) is 40.4. The molecular formula is C122H96N14. The summed E-state index contributed by atoms with van der Waals surface area (Å²) in [6, 6.07) is 126. The Labute approximate surface area is 787 Å². The van der Waals surface area contributed by atoms with Gasteiger partial charge < -0.3 is 27.4 Å². The molecule has 0 saturated carbocycles. The smallest absolute Gasteiger partial charge is 0.165 e. The van der Waals surface area contributed by atoms with Crippen molar-refractivity contribution in [2.75, 3.05) is 0 Å². The SMILES string of the molecule is Cc1nc(C)nc(-c2cc(-n3c4ccccc4c4ccc(-n5c6ccccc6c6ccccc65)cc43)c(-n3c4ccccc4c4ccc(-n5c6ccccc6c6cc(CC(C)(C)c7ccc8c(c7)c7cc(C(C)(C)C)ccc7n8-c7cc(-c8nc(-c9ccccc9)nc(-c9ccccc9)n8)c(C#N)cc7-n7c8ccc(C(C)(C)C)cc8c8cc(C(C)(C)C)ccc87)ccc65)cc43)cc2C#N)n1. The van der Waals surface area contributed by atoms with Crippen LogP contribution >= 0.6 is 0 Å². The third kappa shape index (κ3) is 13.2. The summed E-state index contributed by atoms with van der Waals surface area (Å²) < 4.78 is 14.4. The maximum Gasteiger partial charge on any atom is 0.165 e. The zero-order chi connectivity index (χ0) is 92.9. The van der Waals surface area contributed by atoms with Gasteiger partial charge in [0, 0.05) is 98.3 Å². The second kappa shape index (κ2) is 30.7. The van der Waals surface area contributed by atoms with Crippen LogP contribution in [0.5, 0.6) is 0 Å². The minimum absolute atomic E-state index is 0.133. The molecule has 0 aliphatic heterocycles. The first-order valence-electron chi connectivity index (χ1n) is 46.8. The van der Waals surface area contributed by atoms with Gasteiger partial charge in [0.25, 0.3) is 0 Å². The van der Waals surface area contributed by atoms with Gasteiger partial charge in [-0.15, -0.1) is 0 Å². The van der Waals surface area contributed by atoms with Gasteiger partial charge in [0.2, 0.25) is 0 Å². The molecular weight excluding hydrogens is 1660 g/mol. The third-order valence-electron chi connectivity index (χ3n) is 28.2. The molecule has 0 aliphatic carbocycles. The van der Waals surface area contributed by atoms with Crippen molar-refractivity contribution in [3.63, 3.8) is 0 Å². The molecule has 0 fully saturated rings. The summed E-state index contributed by atoms with van der Waals surface area (Å²) in [5.41, 5.74) is 26.8. The molecule has 0 aliphatic rings. The fourth-order valence-corrected chi connectivity index (χ4v) is 21.4. The Bertz CT molecular complexity index is 9090. The van der Waals surface area contributed by atoms with E-state index in [9.17, 15) is 10.5 Å². The number of aryl methyl sites for hydroxylation is 2. The summed E-state index contributed by atoms with van der Waals surface area (Å²) in [7, 11) is 0. The first-order valence-corrected chi connectivity index (χ1v) is 46.8. The molecule has 24 rings (SSSR count). The highest BCUT2D eigenvalue weighted by molar-refractivity contribution is 6.17. The Balaban J connectivity index is 0.670. The standard InChI is InChI=1S/C122H96N14/c1-72-125-73(2)127-117(126-72)92-67-114(136-103-43-29-23-37-88(103)91-51-49-83(65-110(91)136)131-99-39-25-20-34-85(99)86-35-21-26-40-100(86)131)112(60-77(92)70-123)135-102-42-28-22-36-87(102)90-52-50-84(66-109(90)135)132-101-41-27-24-38-89(101)94-58-74(44-53-104(94)132)69-122(12,13)82-48-57-108-98(64-82)97-63-81(121(9,10)11)47-56-107(97)134(108)113-68-93(118-129-115(75-30-16-14-17-31-75)128-116(130-118)76-32-18-15-19-33-76)78(71-124)59-111(113)133-105-54-45-79(119(3,4)5)61-95(105)96-62-80(120(6,7)8)46-55-106(96)133/h14-68H,69H2,1-13H3. The molecule has 0 atom stereocenters. The Morgan fingerprint density at radius 2 is 0.522 bits per heavy atom. The quantitative estimate of drug-likeness (QED) is 0.111. The molecule has 0 saturated heterocycles. The molecule has 654 valence electrons. The van der Waals surface area contributed by atoms with Crippen LogP contribution in [0.25, 0.3) is 211 Å². The van der Waals surface area contributed by atoms with E-state index in [0.717, 1.165) is 172 Å². The zero-order valence-corrected chi connectivity index (χ0v) is 78.2. The highest BCUT2D eigenvalue weighted by Crippen LogP contribution is 2.49. The molecule has 0 bridgehead atoms. The molecule has 0 amide bonds. The number of benzene rings is 16. The van der Waals surface area contributed by atoms with Crippen molar-refractivity contribution in [3.8, 4) is 91.8 Å². The van der Waals surface area contributed by atoms with E-state index >= 15 is 0 Å². The highest BCUT2D eigenvalue weighted by Gasteiger charge is 2.33. The highest BCUT2D eigenvalue weighted by atomic mass is 15.1. The van der Waals surface area contributed by atoms with Gasteiger partial charge in [0.1, 0.15) is 11.6 Å². The minimum Gasteiger partial charge on any atom is -0.309 e. The van der Waals surface area contributed by atoms with Gasteiger partial charge in [0.15, 0.2) is 23.3 Å². The Hall–Kier alpha value is -16.7. The number of nitrogens with zero attached hydrogens (tertiary/aromatic N) is 14. The van der Waals surface area contributed by atoms with Crippen LogP contribution in [0, 0.1) is 36.5 Å². The average molecular weight is 1760 g/mol. The molecule has 8 aromatic heterocycles. The number of rotatable bonds is 13. The van der Waals surface area contributed by atoms with E-state index in [-0.39, 0.29) is 16.2 Å². The number of nitriles is 2. The predicted octanol–water partition coefficient (Wildman–Crippen LogP) is 30.1. The van der Waals surface area contributed by atoms with Gasteiger partial charge in [-0.3, -0.25) is 0 Å². The van der Waals surface area contributed by atoms with Crippen LogP contribution in [0.3, 0.4) is 0 Å². The predicted molar refractivity (Wildman–Crippen MR) is 559 cm³/mol. The molecule has 16 aromatic carbocycles. The van der Waals surface area contributed by atoms with E-state index in [4.69, 9.17) is 24.9 Å². The third-order valence-corrected chi connectivity index (χ3v) is 28.2. The van der Waals surface area contributed by atoms with Crippen LogP contribution in [-0.2, 0) is 28.1 Å². The van der Waals surface area contributed by atoms with E-state index in [0.29, 0.717) is 57.2 Å². The molecule has 0 N–H and O–H groups in total. The van der Waals surface area contributed by atoms with Gasteiger partial charge in [0.05, 0.1) is 112 Å². The summed E-state index contributed by atoms with van der Waals surface area (Å²) in [6.07, 6.45) is 0.726. The number of hydrogen-bond donors (Lipinski definition) is 0. The van der Waals surface area contributed by atoms with E-state index in [1.807, 2.05) is 74.5 Å². The molecule has 8 heterocycles. The molecule has 14 heteroatoms. The summed E-state index contributed by atoms with van der Waals surface area (Å²) in [6.45, 7) is 29.1. The topological polar surface area (TPSA) is 154 Å². The number of para-hydroxylation sites is 5. The van der Waals surface area contributed by atoms with Crippen molar-refractivity contribution in [2.24, 2.45) is 0 Å². The summed E-state index contributed by atoms with van der Waals surface area (Å²) in [5.74, 6) is 2.98. The van der Waals surface area contributed by atoms with Gasteiger partial charge in [-0.2, -0.15) is 10.5 Å². The van der Waals surface area contributed by atoms with Crippen molar-refractivity contribution in [1.29, 1.82) is 10.5 Å². The largest absolute Gasteiger partial charge is 0.309 e. The van der Waals surface area contributed by atoms with Gasteiger partial charge >= 0.3 is 0 Å². The molecule has 0 spiro atoms. The fraction of sp³-hybridized carbons (Fsp3) is 0.148. The summed E-state index contributed by atoms with van der Waals surface area (Å²) in [4.78, 5) is 30.4. The fourth-order valence-electron chi connectivity index (χ4n) is 21.4. The summed E-state index contributed by atoms with van der Waals surface area (Å²) in [5, 5.41) is 37.1. The van der Waals surface area contributed by atoms with E-state index < -0.39 is 5.41 Å². The second-order valence-electron chi connectivity index (χ2n) is 40.4. The lowest BCUT2D eigenvalue weighted by Gasteiger charge is -2.26. The lowest BCUT2D eigenvalue weighted by molar-refractivity contribution is 0.523. The Kier molecular flexibility index (Phi) is 18.6. The van der Waals surface area contributed by atoms with Crippen molar-refractivity contribution in [1.82, 2.24) is 57.3 Å². The van der Waals surface area contributed by atoms with Crippen molar-refractivity contribution >= 4 is 131 Å². The maximum absolute atomic E-state index is 11.9. The van der Waals surface area contributed by atoms with Gasteiger partial charge in [-0.1, -0.05) is 270 Å². The van der Waals surface area contributed by atoms with Crippen molar-refractivity contribution in [2.45, 2.75) is 118 Å². The number of hydrogen-bond acceptors (Lipinski definition) is 8. The van der Waals surface area contributed by atoms with Crippen molar-refractivity contribution in [3.05, 3.63) is 384 Å². The average Bonchev–Trinajstić information content (AvgIpc) is 1.55. The van der Waals surface area contributed by atoms with Crippen LogP contribution < -0.4 is 0 Å². The molecule has 24 aromatic rings. The Morgan fingerprint density at radius 1 is 0.235 bits per heavy atom. The van der Waals surface area contributed by atoms with Crippen LogP contribution in [0.1, 0.15) is 127 Å². The lowest BCUT2D eigenvalue weighted by Crippen LogP contribution is -2.20. The van der Waals surface area contributed by atoms with Gasteiger partial charge in [-0.25, -0.2) is 29.9 Å². The normalized spacial score (nSPS) is 12.5. The van der Waals surface area contributed by atoms with Crippen LogP contribution in [-0.4, -0.2) is 57.3 Å². The van der Waals surface area contributed by atoms with Gasteiger partial charge in [-0.05, 0) is 209 Å². The van der Waals surface area contributed by atoms with Crippen LogP contribution in [0.2, 0.25) is 0 Å².